The van der Waals surface area contributed by atoms with E-state index < -0.39 is 0 Å². The van der Waals surface area contributed by atoms with Gasteiger partial charge in [-0.3, -0.25) is 24.1 Å². The molecule has 4 N–H and O–H groups in total. The van der Waals surface area contributed by atoms with E-state index in [0.717, 1.165) is 125 Å². The predicted molar refractivity (Wildman–Crippen MR) is 248 cm³/mol. The summed E-state index contributed by atoms with van der Waals surface area (Å²) in [6.07, 6.45) is 8.63. The number of rotatable bonds is 9. The van der Waals surface area contributed by atoms with Crippen molar-refractivity contribution in [2.45, 2.75) is 50.0 Å². The molecule has 332 valence electrons. The van der Waals surface area contributed by atoms with Crippen molar-refractivity contribution >= 4 is 45.1 Å². The lowest BCUT2D eigenvalue weighted by molar-refractivity contribution is 0.0952. The van der Waals surface area contributed by atoms with E-state index in [9.17, 15) is 19.2 Å². The molecule has 64 heavy (non-hydrogen) atoms. The highest BCUT2D eigenvalue weighted by Crippen LogP contribution is 2.32. The Morgan fingerprint density at radius 1 is 0.641 bits per heavy atom. The van der Waals surface area contributed by atoms with Gasteiger partial charge in [0.15, 0.2) is 0 Å². The highest BCUT2D eigenvalue weighted by Gasteiger charge is 2.34. The van der Waals surface area contributed by atoms with Gasteiger partial charge in [-0.25, -0.2) is 19.9 Å². The van der Waals surface area contributed by atoms with Gasteiger partial charge < -0.3 is 35.3 Å². The number of aromatic amines is 2. The van der Waals surface area contributed by atoms with Crippen LogP contribution in [-0.2, 0) is 0 Å². The molecule has 0 bridgehead atoms. The molecule has 4 fully saturated rings. The topological polar surface area (TPSA) is 188 Å². The van der Waals surface area contributed by atoms with Crippen molar-refractivity contribution in [1.29, 1.82) is 0 Å². The SMILES string of the molecule is CNC(=O)c1ccc(N2CC(CN3CCC(c4nc5ccccc5c(=O)[nH]4)CC3)C2)cn1.CNC(=O)c1ccc(N2CCC(N3CCC(c4nc5ccccc5c(=O)[nH]4)C3)CC2)nc1. The van der Waals surface area contributed by atoms with Gasteiger partial charge in [0, 0.05) is 83.4 Å². The molecule has 4 aliphatic rings. The standard InChI is InChI=1S/2C24H28N6O2/c1-25-23(31)16-6-7-21(26-14-16)29-12-9-18(10-13-29)30-11-8-17(15-30)22-27-20-5-3-2-4-19(20)24(32)28-22;1-25-24(32)21-7-6-18(12-26-21)30-14-16(15-30)13-29-10-8-17(9-11-29)22-27-20-5-3-2-4-19(20)23(31)28-22/h2-7,14,17-18H,8-13,15H2,1H3,(H,25,31)(H,27,28,32);2-7,12,16-17H,8-11,13-15H2,1H3,(H,25,32)(H,27,28,31). The minimum absolute atomic E-state index is 0.0413. The summed E-state index contributed by atoms with van der Waals surface area (Å²) in [5.41, 5.74) is 3.55. The molecule has 4 aromatic heterocycles. The van der Waals surface area contributed by atoms with E-state index in [1.807, 2.05) is 66.7 Å². The molecule has 0 spiro atoms. The monoisotopic (exact) mass is 864 g/mol. The fourth-order valence-electron chi connectivity index (χ4n) is 9.74. The Balaban J connectivity index is 0.000000162. The van der Waals surface area contributed by atoms with Crippen LogP contribution in [0.3, 0.4) is 0 Å². The van der Waals surface area contributed by atoms with Gasteiger partial charge in [-0.15, -0.1) is 0 Å². The van der Waals surface area contributed by atoms with Gasteiger partial charge in [0.1, 0.15) is 23.2 Å². The second-order valence-corrected chi connectivity index (χ2v) is 17.4. The van der Waals surface area contributed by atoms with Crippen LogP contribution < -0.4 is 31.6 Å². The lowest BCUT2D eigenvalue weighted by Gasteiger charge is -2.44. The third-order valence-corrected chi connectivity index (χ3v) is 13.4. The van der Waals surface area contributed by atoms with Gasteiger partial charge >= 0.3 is 0 Å². The highest BCUT2D eigenvalue weighted by atomic mass is 16.2. The van der Waals surface area contributed by atoms with Crippen LogP contribution in [0.2, 0.25) is 0 Å². The van der Waals surface area contributed by atoms with Crippen molar-refractivity contribution in [3.63, 3.8) is 0 Å². The molecule has 2 aromatic carbocycles. The lowest BCUT2D eigenvalue weighted by atomic mass is 9.93. The van der Waals surface area contributed by atoms with E-state index in [4.69, 9.17) is 9.97 Å². The van der Waals surface area contributed by atoms with Crippen LogP contribution in [0.5, 0.6) is 0 Å². The normalized spacial score (nSPS) is 19.0. The van der Waals surface area contributed by atoms with Gasteiger partial charge in [0.05, 0.1) is 39.3 Å². The van der Waals surface area contributed by atoms with Crippen molar-refractivity contribution in [2.24, 2.45) is 5.92 Å². The Morgan fingerprint density at radius 3 is 1.86 bits per heavy atom. The maximum Gasteiger partial charge on any atom is 0.269 e. The second-order valence-electron chi connectivity index (χ2n) is 17.4. The number of hydrogen-bond donors (Lipinski definition) is 4. The van der Waals surface area contributed by atoms with Crippen molar-refractivity contribution in [3.8, 4) is 0 Å². The number of nitrogens with one attached hydrogen (secondary N) is 4. The Kier molecular flexibility index (Phi) is 12.7. The van der Waals surface area contributed by atoms with E-state index in [0.29, 0.717) is 39.9 Å². The van der Waals surface area contributed by atoms with Crippen LogP contribution in [0.4, 0.5) is 11.5 Å². The van der Waals surface area contributed by atoms with Crippen LogP contribution in [0, 0.1) is 5.92 Å². The average Bonchev–Trinajstić information content (AvgIpc) is 3.83. The van der Waals surface area contributed by atoms with Crippen molar-refractivity contribution in [1.82, 2.24) is 50.3 Å². The fraction of sp³-hybridized carbons (Fsp3) is 0.417. The van der Waals surface area contributed by atoms with Gasteiger partial charge in [-0.05, 0) is 100 Å². The molecule has 6 aromatic rings. The van der Waals surface area contributed by atoms with E-state index in [1.54, 1.807) is 32.6 Å². The molecule has 2 amide bonds. The number of fused-ring (bicyclic) bond motifs is 2. The molecule has 4 aliphatic heterocycles. The molecule has 0 aliphatic carbocycles. The summed E-state index contributed by atoms with van der Waals surface area (Å²) in [5, 5.41) is 6.52. The smallest absolute Gasteiger partial charge is 0.269 e. The first-order valence-electron chi connectivity index (χ1n) is 22.5. The van der Waals surface area contributed by atoms with Crippen LogP contribution in [0.25, 0.3) is 21.8 Å². The van der Waals surface area contributed by atoms with Crippen LogP contribution >= 0.6 is 0 Å². The first-order valence-corrected chi connectivity index (χ1v) is 22.5. The quantitative estimate of drug-likeness (QED) is 0.163. The molecule has 16 nitrogen and oxygen atoms in total. The fourth-order valence-corrected chi connectivity index (χ4v) is 9.74. The van der Waals surface area contributed by atoms with E-state index in [2.05, 4.69) is 50.2 Å². The molecule has 16 heteroatoms. The third-order valence-electron chi connectivity index (χ3n) is 13.4. The number of carbonyl (C=O) groups excluding carboxylic acids is 2. The molecule has 1 unspecified atom stereocenters. The molecular formula is C48H56N12O4. The Morgan fingerprint density at radius 2 is 1.27 bits per heavy atom. The van der Waals surface area contributed by atoms with E-state index in [1.165, 1.54) is 0 Å². The van der Waals surface area contributed by atoms with Crippen LogP contribution in [0.1, 0.15) is 76.4 Å². The zero-order chi connectivity index (χ0) is 44.2. The first kappa shape index (κ1) is 42.8. The number of likely N-dealkylation sites (tertiary alicyclic amines) is 2. The number of nitrogens with zero attached hydrogens (tertiary/aromatic N) is 8. The van der Waals surface area contributed by atoms with Crippen molar-refractivity contribution in [3.05, 3.63) is 129 Å². The molecule has 0 radical (unpaired) electrons. The predicted octanol–water partition coefficient (Wildman–Crippen LogP) is 4.13. The average molecular weight is 865 g/mol. The summed E-state index contributed by atoms with van der Waals surface area (Å²) in [4.78, 5) is 82.1. The summed E-state index contributed by atoms with van der Waals surface area (Å²) in [7, 11) is 3.23. The highest BCUT2D eigenvalue weighted by molar-refractivity contribution is 5.94. The van der Waals surface area contributed by atoms with Crippen molar-refractivity contribution < 1.29 is 9.59 Å². The number of H-pyrrole nitrogens is 2. The summed E-state index contributed by atoms with van der Waals surface area (Å²) < 4.78 is 0. The van der Waals surface area contributed by atoms with Crippen molar-refractivity contribution in [2.75, 3.05) is 82.8 Å². The van der Waals surface area contributed by atoms with Gasteiger partial charge in [0.2, 0.25) is 0 Å². The number of hydrogen-bond acceptors (Lipinski definition) is 12. The lowest BCUT2D eigenvalue weighted by Crippen LogP contribution is -2.52. The maximum atomic E-state index is 12.4. The van der Waals surface area contributed by atoms with Gasteiger partial charge in [-0.1, -0.05) is 24.3 Å². The molecule has 1 atom stereocenters. The number of benzene rings is 2. The summed E-state index contributed by atoms with van der Waals surface area (Å²) >= 11 is 0. The van der Waals surface area contributed by atoms with E-state index >= 15 is 0 Å². The third kappa shape index (κ3) is 9.38. The van der Waals surface area contributed by atoms with Gasteiger partial charge in [0.25, 0.3) is 22.9 Å². The molecule has 4 saturated heterocycles. The number of pyridine rings is 2. The van der Waals surface area contributed by atoms with Crippen LogP contribution in [0.15, 0.2) is 94.8 Å². The summed E-state index contributed by atoms with van der Waals surface area (Å²) in [5.74, 6) is 3.51. The molecule has 10 rings (SSSR count). The number of anilines is 2. The second kappa shape index (κ2) is 19.1. The molecule has 8 heterocycles. The van der Waals surface area contributed by atoms with E-state index in [-0.39, 0.29) is 28.9 Å². The number of carbonyl (C=O) groups is 2. The zero-order valence-corrected chi connectivity index (χ0v) is 36.5. The van der Waals surface area contributed by atoms with Gasteiger partial charge in [-0.2, -0.15) is 0 Å². The maximum absolute atomic E-state index is 12.4. The number of para-hydroxylation sites is 2. The summed E-state index contributed by atoms with van der Waals surface area (Å²) in [6.45, 7) is 9.04. The van der Waals surface area contributed by atoms with Crippen LogP contribution in [-0.4, -0.2) is 131 Å². The Hall–Kier alpha value is -6.52. The summed E-state index contributed by atoms with van der Waals surface area (Å²) in [6, 6.07) is 23.1. The molecular weight excluding hydrogens is 809 g/mol. The molecule has 0 saturated carbocycles. The number of amides is 2. The number of piperidine rings is 2. The Labute approximate surface area is 371 Å². The first-order chi connectivity index (χ1) is 31.2. The zero-order valence-electron chi connectivity index (χ0n) is 36.5. The minimum atomic E-state index is -0.163. The number of aromatic nitrogens is 6. The Bertz CT molecular complexity index is 2700. The largest absolute Gasteiger partial charge is 0.369 e. The minimum Gasteiger partial charge on any atom is -0.369 e.